The van der Waals surface area contributed by atoms with Gasteiger partial charge in [0.25, 0.3) is 0 Å². The monoisotopic (exact) mass is 204 g/mol. The first-order valence-corrected chi connectivity index (χ1v) is 6.63. The lowest BCUT2D eigenvalue weighted by molar-refractivity contribution is -0.138. The van der Waals surface area contributed by atoms with Crippen molar-refractivity contribution in [3.8, 4) is 0 Å². The van der Waals surface area contributed by atoms with E-state index in [4.69, 9.17) is 0 Å². The first kappa shape index (κ1) is 9.93. The molecule has 0 radical (unpaired) electrons. The molecule has 84 valence electrons. The van der Waals surface area contributed by atoms with Crippen LogP contribution in [0.15, 0.2) is 11.6 Å². The Morgan fingerprint density at radius 1 is 1.20 bits per heavy atom. The van der Waals surface area contributed by atoms with Crippen molar-refractivity contribution in [2.24, 2.45) is 28.6 Å². The van der Waals surface area contributed by atoms with Crippen LogP contribution in [-0.4, -0.2) is 0 Å². The number of hydrogen-bond acceptors (Lipinski definition) is 0. The molecule has 0 saturated heterocycles. The Bertz CT molecular complexity index is 323. The highest BCUT2D eigenvalue weighted by Crippen LogP contribution is 2.72. The fourth-order valence-corrected chi connectivity index (χ4v) is 5.25. The second kappa shape index (κ2) is 2.70. The molecule has 4 bridgehead atoms. The van der Waals surface area contributed by atoms with Gasteiger partial charge in [-0.1, -0.05) is 38.8 Å². The third-order valence-corrected chi connectivity index (χ3v) is 5.97. The van der Waals surface area contributed by atoms with Gasteiger partial charge in [-0.15, -0.1) is 0 Å². The molecule has 0 heterocycles. The molecule has 0 aromatic carbocycles. The maximum atomic E-state index is 2.57. The van der Waals surface area contributed by atoms with Crippen LogP contribution in [0, 0.1) is 28.6 Å². The van der Waals surface area contributed by atoms with Gasteiger partial charge in [0.1, 0.15) is 0 Å². The Hall–Kier alpha value is -0.260. The highest BCUT2D eigenvalue weighted by Gasteiger charge is 2.64. The molecule has 15 heavy (non-hydrogen) atoms. The van der Waals surface area contributed by atoms with E-state index in [0.29, 0.717) is 10.8 Å². The number of allylic oxidation sites excluding steroid dienone is 2. The van der Waals surface area contributed by atoms with Crippen LogP contribution in [-0.2, 0) is 0 Å². The Morgan fingerprint density at radius 2 is 1.93 bits per heavy atom. The van der Waals surface area contributed by atoms with Crippen molar-refractivity contribution in [3.63, 3.8) is 0 Å². The fraction of sp³-hybridized carbons (Fsp3) is 0.867. The third kappa shape index (κ3) is 1.04. The fourth-order valence-electron chi connectivity index (χ4n) is 5.25. The van der Waals surface area contributed by atoms with Gasteiger partial charge in [-0.2, -0.15) is 0 Å². The Kier molecular flexibility index (Phi) is 1.79. The minimum Gasteiger partial charge on any atom is -0.0850 e. The molecule has 0 aliphatic heterocycles. The molecule has 3 unspecified atom stereocenters. The van der Waals surface area contributed by atoms with Gasteiger partial charge in [0.05, 0.1) is 0 Å². The van der Waals surface area contributed by atoms with Crippen LogP contribution < -0.4 is 0 Å². The van der Waals surface area contributed by atoms with Crippen molar-refractivity contribution in [1.82, 2.24) is 0 Å². The van der Waals surface area contributed by atoms with Gasteiger partial charge in [-0.3, -0.25) is 0 Å². The number of rotatable bonds is 0. The predicted molar refractivity (Wildman–Crippen MR) is 64.6 cm³/mol. The molecule has 2 saturated carbocycles. The first-order valence-electron chi connectivity index (χ1n) is 6.63. The van der Waals surface area contributed by atoms with Gasteiger partial charge in [0.2, 0.25) is 0 Å². The van der Waals surface area contributed by atoms with Crippen molar-refractivity contribution in [1.29, 1.82) is 0 Å². The van der Waals surface area contributed by atoms with E-state index in [1.54, 1.807) is 5.57 Å². The van der Waals surface area contributed by atoms with Crippen LogP contribution in [0.4, 0.5) is 0 Å². The van der Waals surface area contributed by atoms with Crippen molar-refractivity contribution >= 4 is 0 Å². The van der Waals surface area contributed by atoms with E-state index >= 15 is 0 Å². The van der Waals surface area contributed by atoms with Gasteiger partial charge >= 0.3 is 0 Å². The standard InChI is InChI=1S/C15H24/c1-10-6-7-11-13-12(10)15(11,4)9-5-8-14(13,2)3/h6,11-13H,5,7-9H2,1-4H3/t11?,12?,13?,15-/m0/s1. The number of fused-ring (bicyclic) bond motifs is 1. The minimum atomic E-state index is 0.598. The summed E-state index contributed by atoms with van der Waals surface area (Å²) in [5.41, 5.74) is 2.98. The van der Waals surface area contributed by atoms with Crippen LogP contribution in [0.1, 0.15) is 53.4 Å². The lowest BCUT2D eigenvalue weighted by atomic mass is 9.38. The van der Waals surface area contributed by atoms with Crippen molar-refractivity contribution in [3.05, 3.63) is 11.6 Å². The third-order valence-electron chi connectivity index (χ3n) is 5.97. The first-order chi connectivity index (χ1) is 6.97. The summed E-state index contributed by atoms with van der Waals surface area (Å²) in [6, 6.07) is 0. The molecule has 0 amide bonds. The van der Waals surface area contributed by atoms with E-state index in [9.17, 15) is 0 Å². The van der Waals surface area contributed by atoms with Crippen molar-refractivity contribution in [2.75, 3.05) is 0 Å². The van der Waals surface area contributed by atoms with Crippen LogP contribution >= 0.6 is 0 Å². The van der Waals surface area contributed by atoms with Gasteiger partial charge in [-0.25, -0.2) is 0 Å². The SMILES string of the molecule is CC1=CCC2C3C1[C@@]2(C)CCCC3(C)C. The smallest absolute Gasteiger partial charge is 0.0113 e. The highest BCUT2D eigenvalue weighted by molar-refractivity contribution is 5.28. The van der Waals surface area contributed by atoms with Crippen molar-refractivity contribution in [2.45, 2.75) is 53.4 Å². The average Bonchev–Trinajstić information content (AvgIpc) is 2.30. The Balaban J connectivity index is 2.06. The average molecular weight is 204 g/mol. The summed E-state index contributed by atoms with van der Waals surface area (Å²) in [5, 5.41) is 0. The maximum absolute atomic E-state index is 2.57. The van der Waals surface area contributed by atoms with Gasteiger partial charge < -0.3 is 0 Å². The summed E-state index contributed by atoms with van der Waals surface area (Å²) in [4.78, 5) is 0. The zero-order valence-corrected chi connectivity index (χ0v) is 10.6. The van der Waals surface area contributed by atoms with Crippen LogP contribution in [0.25, 0.3) is 0 Å². The minimum absolute atomic E-state index is 0.598. The Morgan fingerprint density at radius 3 is 2.60 bits per heavy atom. The van der Waals surface area contributed by atoms with E-state index in [-0.39, 0.29) is 0 Å². The summed E-state index contributed by atoms with van der Waals surface area (Å²) in [6.45, 7) is 9.98. The summed E-state index contributed by atoms with van der Waals surface area (Å²) in [5.74, 6) is 2.92. The lowest BCUT2D eigenvalue weighted by Gasteiger charge is -2.66. The van der Waals surface area contributed by atoms with E-state index in [1.165, 1.54) is 25.7 Å². The van der Waals surface area contributed by atoms with E-state index in [1.807, 2.05) is 0 Å². The van der Waals surface area contributed by atoms with Gasteiger partial charge in [0.15, 0.2) is 0 Å². The van der Waals surface area contributed by atoms with Crippen molar-refractivity contribution < 1.29 is 0 Å². The van der Waals surface area contributed by atoms with Crippen LogP contribution in [0.3, 0.4) is 0 Å². The molecule has 0 N–H and O–H groups in total. The molecular formula is C15H24. The zero-order chi connectivity index (χ0) is 10.8. The summed E-state index contributed by atoms with van der Waals surface area (Å²) >= 11 is 0. The molecule has 0 aromatic rings. The van der Waals surface area contributed by atoms with E-state index in [2.05, 4.69) is 33.8 Å². The molecule has 4 aliphatic rings. The molecule has 2 fully saturated rings. The Labute approximate surface area is 94.1 Å². The quantitative estimate of drug-likeness (QED) is 0.513. The van der Waals surface area contributed by atoms with Crippen LogP contribution in [0.5, 0.6) is 0 Å². The largest absolute Gasteiger partial charge is 0.0850 e. The maximum Gasteiger partial charge on any atom is -0.0113 e. The molecule has 4 rings (SSSR count). The normalized spacial score (nSPS) is 51.5. The molecule has 0 heteroatoms. The molecule has 0 spiro atoms. The number of hydrogen-bond donors (Lipinski definition) is 0. The summed E-state index contributed by atoms with van der Waals surface area (Å²) in [6.07, 6.45) is 8.28. The van der Waals surface area contributed by atoms with Crippen LogP contribution in [0.2, 0.25) is 0 Å². The second-order valence-corrected chi connectivity index (χ2v) is 7.14. The highest BCUT2D eigenvalue weighted by atomic mass is 14.7. The molecule has 0 aromatic heterocycles. The van der Waals surface area contributed by atoms with Gasteiger partial charge in [-0.05, 0) is 54.8 Å². The second-order valence-electron chi connectivity index (χ2n) is 7.14. The van der Waals surface area contributed by atoms with E-state index in [0.717, 1.165) is 17.8 Å². The summed E-state index contributed by atoms with van der Waals surface area (Å²) < 4.78 is 0. The summed E-state index contributed by atoms with van der Waals surface area (Å²) in [7, 11) is 0. The molecular weight excluding hydrogens is 180 g/mol. The predicted octanol–water partition coefficient (Wildman–Crippen LogP) is 4.42. The lowest BCUT2D eigenvalue weighted by Crippen LogP contribution is -2.60. The zero-order valence-electron chi connectivity index (χ0n) is 10.6. The molecule has 0 nitrogen and oxygen atoms in total. The molecule has 4 atom stereocenters. The van der Waals surface area contributed by atoms with Gasteiger partial charge in [0, 0.05) is 0 Å². The molecule has 4 aliphatic carbocycles. The topological polar surface area (TPSA) is 0 Å². The van der Waals surface area contributed by atoms with E-state index < -0.39 is 0 Å².